The van der Waals surface area contributed by atoms with Crippen molar-refractivity contribution in [2.24, 2.45) is 5.73 Å². The number of primary amides is 1. The molecule has 2 aromatic rings. The van der Waals surface area contributed by atoms with Gasteiger partial charge in [-0.2, -0.15) is 0 Å². The van der Waals surface area contributed by atoms with Gasteiger partial charge < -0.3 is 10.5 Å². The zero-order valence-corrected chi connectivity index (χ0v) is 11.6. The predicted molar refractivity (Wildman–Crippen MR) is 76.6 cm³/mol. The van der Waals surface area contributed by atoms with Crippen LogP contribution in [0, 0.1) is 13.8 Å². The van der Waals surface area contributed by atoms with Crippen molar-refractivity contribution in [3.05, 3.63) is 57.5 Å². The van der Waals surface area contributed by atoms with Crippen LogP contribution in [-0.4, -0.2) is 17.6 Å². The fourth-order valence-electron chi connectivity index (χ4n) is 2.24. The lowest BCUT2D eigenvalue weighted by Gasteiger charge is -2.13. The minimum Gasteiger partial charge on any atom is -0.497 e. The molecule has 0 aliphatic carbocycles. The third kappa shape index (κ3) is 2.30. The molecule has 0 aliphatic rings. The number of carbonyl (C=O) groups excluding carboxylic acids is 1. The van der Waals surface area contributed by atoms with Crippen LogP contribution in [0.5, 0.6) is 5.75 Å². The second-order valence-electron chi connectivity index (χ2n) is 4.55. The number of benzene rings is 1. The Morgan fingerprint density at radius 3 is 2.30 bits per heavy atom. The molecule has 0 saturated heterocycles. The summed E-state index contributed by atoms with van der Waals surface area (Å²) in [5.41, 5.74) is 6.89. The molecule has 20 heavy (non-hydrogen) atoms. The summed E-state index contributed by atoms with van der Waals surface area (Å²) in [6.45, 7) is 3.51. The molecule has 0 unspecified atom stereocenters. The van der Waals surface area contributed by atoms with Crippen molar-refractivity contribution in [1.29, 1.82) is 0 Å². The lowest BCUT2D eigenvalue weighted by Crippen LogP contribution is -2.31. The number of carbonyl (C=O) groups is 1. The van der Waals surface area contributed by atoms with E-state index < -0.39 is 11.5 Å². The molecule has 104 valence electrons. The van der Waals surface area contributed by atoms with E-state index in [1.54, 1.807) is 44.4 Å². The van der Waals surface area contributed by atoms with E-state index in [4.69, 9.17) is 10.5 Å². The topological polar surface area (TPSA) is 74.3 Å². The monoisotopic (exact) mass is 272 g/mol. The molecule has 0 bridgehead atoms. The number of nitrogens with two attached hydrogens (primary N) is 1. The van der Waals surface area contributed by atoms with Crippen LogP contribution in [0.4, 0.5) is 0 Å². The zero-order valence-electron chi connectivity index (χ0n) is 11.6. The number of hydrogen-bond acceptors (Lipinski definition) is 3. The maximum atomic E-state index is 12.4. The Labute approximate surface area is 116 Å². The quantitative estimate of drug-likeness (QED) is 0.921. The number of aryl methyl sites for hydroxylation is 2. The SMILES string of the molecule is COc1ccc(-n2c(C)cc(C)c(C(N)=O)c2=O)cc1. The normalized spacial score (nSPS) is 10.3. The van der Waals surface area contributed by atoms with Gasteiger partial charge in [0.1, 0.15) is 11.3 Å². The van der Waals surface area contributed by atoms with Crippen molar-refractivity contribution in [3.63, 3.8) is 0 Å². The van der Waals surface area contributed by atoms with Crippen molar-refractivity contribution in [3.8, 4) is 11.4 Å². The molecule has 0 atom stereocenters. The molecular formula is C15H16N2O3. The molecular weight excluding hydrogens is 256 g/mol. The molecule has 0 radical (unpaired) electrons. The van der Waals surface area contributed by atoms with E-state index in [0.717, 1.165) is 5.69 Å². The van der Waals surface area contributed by atoms with Gasteiger partial charge in [-0.1, -0.05) is 0 Å². The highest BCUT2D eigenvalue weighted by Gasteiger charge is 2.15. The van der Waals surface area contributed by atoms with Gasteiger partial charge in [-0.3, -0.25) is 14.2 Å². The average Bonchev–Trinajstić information content (AvgIpc) is 2.38. The van der Waals surface area contributed by atoms with Gasteiger partial charge in [0.05, 0.1) is 7.11 Å². The Bertz CT molecular complexity index is 715. The van der Waals surface area contributed by atoms with Gasteiger partial charge in [0.15, 0.2) is 0 Å². The summed E-state index contributed by atoms with van der Waals surface area (Å²) in [6, 6.07) is 8.79. The number of amides is 1. The first kappa shape index (κ1) is 13.9. The molecule has 1 amide bonds. The summed E-state index contributed by atoms with van der Waals surface area (Å²) in [6.07, 6.45) is 0. The Hall–Kier alpha value is -2.56. The largest absolute Gasteiger partial charge is 0.497 e. The van der Waals surface area contributed by atoms with E-state index in [1.807, 2.05) is 6.92 Å². The van der Waals surface area contributed by atoms with Gasteiger partial charge in [-0.15, -0.1) is 0 Å². The first-order valence-corrected chi connectivity index (χ1v) is 6.13. The van der Waals surface area contributed by atoms with E-state index in [9.17, 15) is 9.59 Å². The van der Waals surface area contributed by atoms with Gasteiger partial charge >= 0.3 is 0 Å². The van der Waals surface area contributed by atoms with Crippen molar-refractivity contribution in [2.45, 2.75) is 13.8 Å². The highest BCUT2D eigenvalue weighted by molar-refractivity contribution is 5.94. The summed E-state index contributed by atoms with van der Waals surface area (Å²) in [4.78, 5) is 23.9. The Morgan fingerprint density at radius 1 is 1.20 bits per heavy atom. The molecule has 5 heteroatoms. The molecule has 1 aromatic heterocycles. The summed E-state index contributed by atoms with van der Waals surface area (Å²) >= 11 is 0. The first-order chi connectivity index (χ1) is 9.45. The third-order valence-electron chi connectivity index (χ3n) is 3.17. The van der Waals surface area contributed by atoms with E-state index in [0.29, 0.717) is 17.0 Å². The summed E-state index contributed by atoms with van der Waals surface area (Å²) in [7, 11) is 1.57. The highest BCUT2D eigenvalue weighted by Crippen LogP contribution is 2.16. The molecule has 2 N–H and O–H groups in total. The standard InChI is InChI=1S/C15H16N2O3/c1-9-8-10(2)17(15(19)13(9)14(16)18)11-4-6-12(20-3)7-5-11/h4-8H,1-3H3,(H2,16,18). The predicted octanol–water partition coefficient (Wildman–Crippen LogP) is 1.56. The molecule has 0 aliphatic heterocycles. The maximum absolute atomic E-state index is 12.4. The summed E-state index contributed by atoms with van der Waals surface area (Å²) in [5.74, 6) is -0.0172. The third-order valence-corrected chi connectivity index (χ3v) is 3.17. The molecule has 5 nitrogen and oxygen atoms in total. The molecule has 1 aromatic carbocycles. The lowest BCUT2D eigenvalue weighted by atomic mass is 10.1. The Kier molecular flexibility index (Phi) is 3.61. The van der Waals surface area contributed by atoms with Crippen LogP contribution in [0.25, 0.3) is 5.69 Å². The Balaban J connectivity index is 2.70. The lowest BCUT2D eigenvalue weighted by molar-refractivity contribution is 0.0998. The second kappa shape index (κ2) is 5.21. The number of methoxy groups -OCH3 is 1. The van der Waals surface area contributed by atoms with Crippen LogP contribution in [0.1, 0.15) is 21.6 Å². The van der Waals surface area contributed by atoms with Crippen LogP contribution in [0.15, 0.2) is 35.1 Å². The maximum Gasteiger partial charge on any atom is 0.268 e. The number of hydrogen-bond donors (Lipinski definition) is 1. The second-order valence-corrected chi connectivity index (χ2v) is 4.55. The molecule has 0 saturated carbocycles. The van der Waals surface area contributed by atoms with Gasteiger partial charge in [0.2, 0.25) is 0 Å². The average molecular weight is 272 g/mol. The first-order valence-electron chi connectivity index (χ1n) is 6.13. The summed E-state index contributed by atoms with van der Waals surface area (Å²) in [5, 5.41) is 0. The van der Waals surface area contributed by atoms with Crippen molar-refractivity contribution < 1.29 is 9.53 Å². The van der Waals surface area contributed by atoms with Gasteiger partial charge in [-0.25, -0.2) is 0 Å². The van der Waals surface area contributed by atoms with Crippen molar-refractivity contribution in [1.82, 2.24) is 4.57 Å². The van der Waals surface area contributed by atoms with Crippen LogP contribution >= 0.6 is 0 Å². The highest BCUT2D eigenvalue weighted by atomic mass is 16.5. The number of nitrogens with zero attached hydrogens (tertiary/aromatic N) is 1. The van der Waals surface area contributed by atoms with E-state index in [2.05, 4.69) is 0 Å². The smallest absolute Gasteiger partial charge is 0.268 e. The number of ether oxygens (including phenoxy) is 1. The van der Waals surface area contributed by atoms with Gasteiger partial charge in [0.25, 0.3) is 11.5 Å². The van der Waals surface area contributed by atoms with Gasteiger partial charge in [0, 0.05) is 11.4 Å². The molecule has 1 heterocycles. The van der Waals surface area contributed by atoms with Crippen molar-refractivity contribution >= 4 is 5.91 Å². The van der Waals surface area contributed by atoms with Gasteiger partial charge in [-0.05, 0) is 49.7 Å². The van der Waals surface area contributed by atoms with Crippen LogP contribution in [0.2, 0.25) is 0 Å². The molecule has 0 fully saturated rings. The van der Waals surface area contributed by atoms with E-state index in [1.165, 1.54) is 4.57 Å². The minimum absolute atomic E-state index is 0.0198. The Morgan fingerprint density at radius 2 is 1.80 bits per heavy atom. The number of rotatable bonds is 3. The van der Waals surface area contributed by atoms with Crippen LogP contribution in [0.3, 0.4) is 0 Å². The number of pyridine rings is 1. The fraction of sp³-hybridized carbons (Fsp3) is 0.200. The van der Waals surface area contributed by atoms with E-state index in [-0.39, 0.29) is 5.56 Å². The summed E-state index contributed by atoms with van der Waals surface area (Å²) < 4.78 is 6.55. The molecule has 0 spiro atoms. The number of aromatic nitrogens is 1. The van der Waals surface area contributed by atoms with Crippen molar-refractivity contribution in [2.75, 3.05) is 7.11 Å². The minimum atomic E-state index is -0.713. The van der Waals surface area contributed by atoms with Crippen LogP contribution in [-0.2, 0) is 0 Å². The van der Waals surface area contributed by atoms with E-state index >= 15 is 0 Å². The fourth-order valence-corrected chi connectivity index (χ4v) is 2.24. The van der Waals surface area contributed by atoms with Crippen LogP contribution < -0.4 is 16.0 Å². The zero-order chi connectivity index (χ0) is 14.9. The molecule has 2 rings (SSSR count).